The smallest absolute Gasteiger partial charge is 0.226 e. The second-order valence-electron chi connectivity index (χ2n) is 4.54. The molecule has 0 radical (unpaired) electrons. The highest BCUT2D eigenvalue weighted by Crippen LogP contribution is 2.45. The van der Waals surface area contributed by atoms with E-state index in [1.807, 2.05) is 6.92 Å². The minimum atomic E-state index is 0.292. The van der Waals surface area contributed by atoms with E-state index in [2.05, 4.69) is 23.1 Å². The Labute approximate surface area is 89.3 Å². The van der Waals surface area contributed by atoms with Crippen LogP contribution in [0.25, 0.3) is 0 Å². The first-order chi connectivity index (χ1) is 7.20. The third kappa shape index (κ3) is 2.35. The van der Waals surface area contributed by atoms with E-state index in [4.69, 9.17) is 9.78 Å². The molecule has 1 aliphatic rings. The van der Waals surface area contributed by atoms with E-state index in [0.717, 1.165) is 5.82 Å². The topological polar surface area (TPSA) is 62.7 Å². The van der Waals surface area contributed by atoms with Gasteiger partial charge in [0.2, 0.25) is 5.89 Å². The summed E-state index contributed by atoms with van der Waals surface area (Å²) in [5.74, 6) is 3.02. The van der Waals surface area contributed by atoms with Gasteiger partial charge in [-0.05, 0) is 18.3 Å². The Balaban J connectivity index is 1.93. The number of hydrogen-bond donors (Lipinski definition) is 0. The zero-order valence-electron chi connectivity index (χ0n) is 9.10. The molecule has 2 rings (SSSR count). The van der Waals surface area contributed by atoms with Crippen molar-refractivity contribution in [2.24, 2.45) is 11.8 Å². The van der Waals surface area contributed by atoms with Crippen molar-refractivity contribution in [3.8, 4) is 6.07 Å². The summed E-state index contributed by atoms with van der Waals surface area (Å²) >= 11 is 0. The van der Waals surface area contributed by atoms with Gasteiger partial charge in [0, 0.05) is 18.8 Å². The fourth-order valence-corrected chi connectivity index (χ4v) is 1.71. The molecule has 15 heavy (non-hydrogen) atoms. The Morgan fingerprint density at radius 2 is 2.40 bits per heavy atom. The monoisotopic (exact) mass is 205 g/mol. The predicted octanol–water partition coefficient (Wildman–Crippen LogP) is 2.29. The Morgan fingerprint density at radius 1 is 1.67 bits per heavy atom. The number of aromatic nitrogens is 2. The molecule has 0 saturated heterocycles. The van der Waals surface area contributed by atoms with Crippen LogP contribution in [0, 0.1) is 23.2 Å². The van der Waals surface area contributed by atoms with Crippen LogP contribution in [0.4, 0.5) is 0 Å². The zero-order valence-corrected chi connectivity index (χ0v) is 9.10. The summed E-state index contributed by atoms with van der Waals surface area (Å²) in [4.78, 5) is 4.36. The van der Waals surface area contributed by atoms with E-state index in [1.165, 1.54) is 6.42 Å². The summed E-state index contributed by atoms with van der Waals surface area (Å²) in [6.07, 6.45) is 2.42. The van der Waals surface area contributed by atoms with Crippen LogP contribution in [-0.4, -0.2) is 10.1 Å². The van der Waals surface area contributed by atoms with Gasteiger partial charge in [-0.2, -0.15) is 10.2 Å². The van der Waals surface area contributed by atoms with Crippen LogP contribution in [0.1, 0.15) is 44.3 Å². The van der Waals surface area contributed by atoms with E-state index in [-0.39, 0.29) is 0 Å². The summed E-state index contributed by atoms with van der Waals surface area (Å²) in [5, 5.41) is 12.5. The molecular formula is C11H15N3O. The maximum absolute atomic E-state index is 8.54. The molecule has 1 saturated carbocycles. The zero-order chi connectivity index (χ0) is 10.8. The molecule has 0 aromatic carbocycles. The molecule has 80 valence electrons. The van der Waals surface area contributed by atoms with Crippen LogP contribution in [0.15, 0.2) is 4.52 Å². The first kappa shape index (κ1) is 10.2. The Kier molecular flexibility index (Phi) is 2.72. The molecule has 3 atom stereocenters. The van der Waals surface area contributed by atoms with E-state index >= 15 is 0 Å². The fourth-order valence-electron chi connectivity index (χ4n) is 1.71. The maximum atomic E-state index is 8.54. The minimum absolute atomic E-state index is 0.292. The number of rotatable bonds is 4. The first-order valence-corrected chi connectivity index (χ1v) is 5.40. The molecule has 1 fully saturated rings. The predicted molar refractivity (Wildman–Crippen MR) is 53.9 cm³/mol. The molecule has 3 unspecified atom stereocenters. The van der Waals surface area contributed by atoms with E-state index in [0.29, 0.717) is 36.5 Å². The molecule has 0 bridgehead atoms. The van der Waals surface area contributed by atoms with Crippen LogP contribution in [0.3, 0.4) is 0 Å². The summed E-state index contributed by atoms with van der Waals surface area (Å²) in [7, 11) is 0. The van der Waals surface area contributed by atoms with Crippen molar-refractivity contribution in [1.29, 1.82) is 5.26 Å². The Hall–Kier alpha value is -1.37. The van der Waals surface area contributed by atoms with E-state index < -0.39 is 0 Å². The van der Waals surface area contributed by atoms with Crippen molar-refractivity contribution in [1.82, 2.24) is 10.1 Å². The lowest BCUT2D eigenvalue weighted by Crippen LogP contribution is -1.98. The standard InChI is InChI=1S/C11H15N3O/c1-7(3-4-12)5-10-13-11(14-15-10)9-6-8(9)2/h7-9H,3,5-6H2,1-2H3. The third-order valence-electron chi connectivity index (χ3n) is 2.89. The molecule has 0 N–H and O–H groups in total. The average molecular weight is 205 g/mol. The van der Waals surface area contributed by atoms with Crippen molar-refractivity contribution in [2.45, 2.75) is 39.0 Å². The van der Waals surface area contributed by atoms with E-state index in [9.17, 15) is 0 Å². The van der Waals surface area contributed by atoms with Gasteiger partial charge in [0.1, 0.15) is 0 Å². The van der Waals surface area contributed by atoms with Crippen molar-refractivity contribution in [2.75, 3.05) is 0 Å². The van der Waals surface area contributed by atoms with Crippen LogP contribution in [0.5, 0.6) is 0 Å². The highest BCUT2D eigenvalue weighted by atomic mass is 16.5. The van der Waals surface area contributed by atoms with Gasteiger partial charge < -0.3 is 4.52 Å². The molecule has 1 aromatic heterocycles. The van der Waals surface area contributed by atoms with Gasteiger partial charge >= 0.3 is 0 Å². The summed E-state index contributed by atoms with van der Waals surface area (Å²) in [6.45, 7) is 4.21. The van der Waals surface area contributed by atoms with E-state index in [1.54, 1.807) is 0 Å². The second-order valence-corrected chi connectivity index (χ2v) is 4.54. The number of nitrogens with zero attached hydrogens (tertiary/aromatic N) is 3. The summed E-state index contributed by atoms with van der Waals surface area (Å²) in [5.41, 5.74) is 0. The average Bonchev–Trinajstić information content (AvgIpc) is 2.74. The summed E-state index contributed by atoms with van der Waals surface area (Å²) < 4.78 is 5.16. The molecular weight excluding hydrogens is 190 g/mol. The Morgan fingerprint density at radius 3 is 3.00 bits per heavy atom. The van der Waals surface area contributed by atoms with Gasteiger partial charge in [-0.3, -0.25) is 0 Å². The lowest BCUT2D eigenvalue weighted by molar-refractivity contribution is 0.354. The van der Waals surface area contributed by atoms with Gasteiger partial charge in [0.15, 0.2) is 5.82 Å². The van der Waals surface area contributed by atoms with Crippen LogP contribution in [0.2, 0.25) is 0 Å². The Bertz CT molecular complexity index is 379. The minimum Gasteiger partial charge on any atom is -0.339 e. The molecule has 0 aliphatic heterocycles. The molecule has 0 spiro atoms. The normalized spacial score (nSPS) is 25.9. The largest absolute Gasteiger partial charge is 0.339 e. The van der Waals surface area contributed by atoms with Gasteiger partial charge in [0.05, 0.1) is 6.07 Å². The lowest BCUT2D eigenvalue weighted by atomic mass is 10.1. The highest BCUT2D eigenvalue weighted by Gasteiger charge is 2.38. The molecule has 4 nitrogen and oxygen atoms in total. The molecule has 1 heterocycles. The molecule has 0 amide bonds. The van der Waals surface area contributed by atoms with Crippen LogP contribution < -0.4 is 0 Å². The SMILES string of the molecule is CC(CC#N)Cc1nc(C2CC2C)no1. The lowest BCUT2D eigenvalue weighted by Gasteiger charge is -2.00. The van der Waals surface area contributed by atoms with Crippen LogP contribution in [-0.2, 0) is 6.42 Å². The third-order valence-corrected chi connectivity index (χ3v) is 2.89. The van der Waals surface area contributed by atoms with Crippen molar-refractivity contribution in [3.63, 3.8) is 0 Å². The van der Waals surface area contributed by atoms with Gasteiger partial charge in [0.25, 0.3) is 0 Å². The fraction of sp³-hybridized carbons (Fsp3) is 0.727. The van der Waals surface area contributed by atoms with Crippen LogP contribution >= 0.6 is 0 Å². The van der Waals surface area contributed by atoms with Gasteiger partial charge in [-0.15, -0.1) is 0 Å². The number of nitriles is 1. The first-order valence-electron chi connectivity index (χ1n) is 5.40. The molecule has 1 aromatic rings. The van der Waals surface area contributed by atoms with Crippen molar-refractivity contribution in [3.05, 3.63) is 11.7 Å². The summed E-state index contributed by atoms with van der Waals surface area (Å²) in [6, 6.07) is 2.15. The highest BCUT2D eigenvalue weighted by molar-refractivity contribution is 5.07. The maximum Gasteiger partial charge on any atom is 0.226 e. The molecule has 1 aliphatic carbocycles. The second kappa shape index (κ2) is 4.01. The van der Waals surface area contributed by atoms with Gasteiger partial charge in [-0.1, -0.05) is 19.0 Å². The quantitative estimate of drug-likeness (QED) is 0.756. The number of hydrogen-bond acceptors (Lipinski definition) is 4. The van der Waals surface area contributed by atoms with Crippen molar-refractivity contribution < 1.29 is 4.52 Å². The molecule has 4 heteroatoms. The van der Waals surface area contributed by atoms with Gasteiger partial charge in [-0.25, -0.2) is 0 Å². The van der Waals surface area contributed by atoms with Crippen molar-refractivity contribution >= 4 is 0 Å².